The predicted octanol–water partition coefficient (Wildman–Crippen LogP) is 6.33. The van der Waals surface area contributed by atoms with Crippen LogP contribution in [0.25, 0.3) is 0 Å². The minimum absolute atomic E-state index is 0.782. The topological polar surface area (TPSA) is 184 Å². The first-order valence-electron chi connectivity index (χ1n) is 17.8. The number of hydrogen-bond acceptors (Lipinski definition) is 9. The van der Waals surface area contributed by atoms with Gasteiger partial charge in [0.1, 0.15) is 0 Å². The molecular formula is C30H84N6O3Si6. The monoisotopic (exact) mass is 745 g/mol. The maximum atomic E-state index is 6.40. The van der Waals surface area contributed by atoms with E-state index in [0.717, 1.165) is 77.8 Å². The van der Waals surface area contributed by atoms with Crippen LogP contribution in [-0.4, -0.2) is 89.2 Å². The summed E-state index contributed by atoms with van der Waals surface area (Å²) < 4.78 is 19.2. The average Bonchev–Trinajstić information content (AvgIpc) is 2.89. The van der Waals surface area contributed by atoms with E-state index in [1.807, 2.05) is 0 Å². The van der Waals surface area contributed by atoms with E-state index >= 15 is 0 Å². The highest BCUT2D eigenvalue weighted by atomic mass is 28.4. The molecule has 0 aromatic heterocycles. The minimum atomic E-state index is -1.47. The molecule has 0 radical (unpaired) electrons. The Bertz CT molecular complexity index is 561. The molecule has 0 unspecified atom stereocenters. The summed E-state index contributed by atoms with van der Waals surface area (Å²) in [4.78, 5) is 0. The first-order valence-corrected chi connectivity index (χ1v) is 36.5. The second kappa shape index (κ2) is 25.8. The van der Waals surface area contributed by atoms with Gasteiger partial charge in [-0.2, -0.15) is 0 Å². The Kier molecular flexibility index (Phi) is 28.9. The van der Waals surface area contributed by atoms with Crippen LogP contribution < -0.4 is 34.4 Å². The molecule has 0 rings (SSSR count). The van der Waals surface area contributed by atoms with Gasteiger partial charge in [-0.25, -0.2) is 0 Å². The molecule has 15 heteroatoms. The Morgan fingerprint density at radius 2 is 0.378 bits per heavy atom. The van der Waals surface area contributed by atoms with E-state index in [9.17, 15) is 0 Å². The van der Waals surface area contributed by atoms with E-state index in [1.165, 1.54) is 36.3 Å². The van der Waals surface area contributed by atoms with Crippen molar-refractivity contribution >= 4 is 49.9 Å². The molecular weight excluding hydrogens is 661 g/mol. The predicted molar refractivity (Wildman–Crippen MR) is 219 cm³/mol. The smallest absolute Gasteiger partial charge is 0.173 e. The maximum Gasteiger partial charge on any atom is 0.173 e. The van der Waals surface area contributed by atoms with Crippen molar-refractivity contribution in [2.45, 2.75) is 153 Å². The van der Waals surface area contributed by atoms with Crippen molar-refractivity contribution < 1.29 is 12.3 Å². The van der Waals surface area contributed by atoms with Crippen molar-refractivity contribution in [2.24, 2.45) is 34.4 Å². The third-order valence-corrected chi connectivity index (χ3v) is 30.2. The van der Waals surface area contributed by atoms with Gasteiger partial charge in [0.25, 0.3) is 0 Å². The Labute approximate surface area is 288 Å². The minimum Gasteiger partial charge on any atom is -0.455 e. The largest absolute Gasteiger partial charge is 0.455 e. The van der Waals surface area contributed by atoms with E-state index in [0.29, 0.717) is 0 Å². The normalized spacial score (nSPS) is 13.2. The summed E-state index contributed by atoms with van der Waals surface area (Å²) in [5, 5.41) is 0. The van der Waals surface area contributed by atoms with Crippen LogP contribution in [0.4, 0.5) is 0 Å². The van der Waals surface area contributed by atoms with Crippen molar-refractivity contribution in [3.63, 3.8) is 0 Å². The van der Waals surface area contributed by atoms with Gasteiger partial charge in [0.2, 0.25) is 0 Å². The molecule has 0 atom stereocenters. The Balaban J connectivity index is -0.000000588. The van der Waals surface area contributed by atoms with Crippen LogP contribution in [0.5, 0.6) is 0 Å². The highest BCUT2D eigenvalue weighted by Crippen LogP contribution is 2.25. The van der Waals surface area contributed by atoms with E-state index in [2.05, 4.69) is 78.6 Å². The Morgan fingerprint density at radius 1 is 0.267 bits per heavy atom. The van der Waals surface area contributed by atoms with Crippen molar-refractivity contribution in [3.05, 3.63) is 0 Å². The van der Waals surface area contributed by atoms with Gasteiger partial charge in [-0.1, -0.05) is 0 Å². The third-order valence-electron chi connectivity index (χ3n) is 7.56. The van der Waals surface area contributed by atoms with Crippen LogP contribution in [0.2, 0.25) is 115 Å². The van der Waals surface area contributed by atoms with Crippen molar-refractivity contribution in [1.29, 1.82) is 0 Å². The van der Waals surface area contributed by atoms with E-state index in [-0.39, 0.29) is 0 Å². The SMILES string of the molecule is C[Si](C)(CCCN)O[Si](C)(C)CCCN.C[Si](C)(CCCN)O[Si](C)(C)CCCN.C[Si](C)(CCCN)O[Si](C)(C)CCCN. The lowest BCUT2D eigenvalue weighted by Crippen LogP contribution is -2.44. The molecule has 45 heavy (non-hydrogen) atoms. The molecule has 0 fully saturated rings. The Morgan fingerprint density at radius 3 is 0.467 bits per heavy atom. The van der Waals surface area contributed by atoms with Crippen LogP contribution in [0.3, 0.4) is 0 Å². The van der Waals surface area contributed by atoms with Gasteiger partial charge in [0.05, 0.1) is 0 Å². The lowest BCUT2D eigenvalue weighted by atomic mass is 10.5. The van der Waals surface area contributed by atoms with Gasteiger partial charge >= 0.3 is 0 Å². The third kappa shape index (κ3) is 34.6. The summed E-state index contributed by atoms with van der Waals surface area (Å²) in [7, 11) is -8.81. The summed E-state index contributed by atoms with van der Waals surface area (Å²) in [5.74, 6) is 0. The molecule has 0 amide bonds. The lowest BCUT2D eigenvalue weighted by molar-refractivity contribution is 0.530. The zero-order chi connectivity index (χ0) is 35.8. The maximum absolute atomic E-state index is 6.40. The van der Waals surface area contributed by atoms with E-state index in [1.54, 1.807) is 0 Å². The molecule has 0 aliphatic rings. The quantitative estimate of drug-likeness (QED) is 0.0615. The molecule has 0 heterocycles. The number of nitrogens with two attached hydrogens (primary N) is 6. The molecule has 9 nitrogen and oxygen atoms in total. The standard InChI is InChI=1S/3C10H28N2OSi2/c3*1-14(2,9-5-7-11)13-15(3,4)10-6-8-12/h3*5-12H2,1-4H3. The second-order valence-electron chi connectivity index (χ2n) is 16.2. The molecule has 0 spiro atoms. The van der Waals surface area contributed by atoms with E-state index < -0.39 is 49.9 Å². The fourth-order valence-corrected chi connectivity index (χ4v) is 32.5. The Hall–Kier alpha value is 0.941. The van der Waals surface area contributed by atoms with Crippen molar-refractivity contribution in [3.8, 4) is 0 Å². The zero-order valence-electron chi connectivity index (χ0n) is 32.4. The van der Waals surface area contributed by atoms with Crippen molar-refractivity contribution in [1.82, 2.24) is 0 Å². The molecule has 0 aromatic carbocycles. The molecule has 0 aliphatic carbocycles. The first-order chi connectivity index (χ1) is 20.5. The van der Waals surface area contributed by atoms with Gasteiger partial charge in [0, 0.05) is 0 Å². The van der Waals surface area contributed by atoms with Crippen LogP contribution in [0.15, 0.2) is 0 Å². The first kappa shape index (κ1) is 50.3. The molecule has 12 N–H and O–H groups in total. The number of rotatable bonds is 24. The lowest BCUT2D eigenvalue weighted by Gasteiger charge is -2.34. The molecule has 276 valence electrons. The van der Waals surface area contributed by atoms with Gasteiger partial charge in [0.15, 0.2) is 49.9 Å². The fourth-order valence-electron chi connectivity index (χ4n) is 5.72. The van der Waals surface area contributed by atoms with Gasteiger partial charge in [-0.15, -0.1) is 0 Å². The molecule has 0 saturated heterocycles. The second-order valence-corrected chi connectivity index (χ2v) is 42.8. The zero-order valence-corrected chi connectivity index (χ0v) is 38.4. The van der Waals surface area contributed by atoms with Crippen LogP contribution in [0, 0.1) is 0 Å². The average molecular weight is 746 g/mol. The highest BCUT2D eigenvalue weighted by molar-refractivity contribution is 6.86. The van der Waals surface area contributed by atoms with Crippen LogP contribution in [-0.2, 0) is 12.3 Å². The van der Waals surface area contributed by atoms with Gasteiger partial charge in [-0.05, 0) is 193 Å². The highest BCUT2D eigenvalue weighted by Gasteiger charge is 2.33. The summed E-state index contributed by atoms with van der Waals surface area (Å²) >= 11 is 0. The van der Waals surface area contributed by atoms with Gasteiger partial charge in [-0.3, -0.25) is 0 Å². The molecule has 0 bridgehead atoms. The van der Waals surface area contributed by atoms with Crippen molar-refractivity contribution in [2.75, 3.05) is 39.3 Å². The summed E-state index contributed by atoms with van der Waals surface area (Å²) in [6, 6.07) is 7.10. The summed E-state index contributed by atoms with van der Waals surface area (Å²) in [6.45, 7) is 32.4. The molecule has 0 aliphatic heterocycles. The molecule has 0 saturated carbocycles. The van der Waals surface area contributed by atoms with E-state index in [4.69, 9.17) is 46.7 Å². The fraction of sp³-hybridized carbons (Fsp3) is 1.00. The number of hydrogen-bond donors (Lipinski definition) is 6. The molecule has 0 aromatic rings. The van der Waals surface area contributed by atoms with Crippen LogP contribution in [0.1, 0.15) is 38.5 Å². The summed E-state index contributed by atoms with van der Waals surface area (Å²) in [6.07, 6.45) is 6.59. The van der Waals surface area contributed by atoms with Gasteiger partial charge < -0.3 is 46.7 Å². The summed E-state index contributed by atoms with van der Waals surface area (Å²) in [5.41, 5.74) is 33.2. The van der Waals surface area contributed by atoms with Crippen LogP contribution >= 0.6 is 0 Å².